The Labute approximate surface area is 89.0 Å². The molecule has 1 aliphatic heterocycles. The fraction of sp³-hybridized carbons (Fsp3) is 0.800. The van der Waals surface area contributed by atoms with Crippen molar-refractivity contribution in [2.24, 2.45) is 0 Å². The van der Waals surface area contributed by atoms with Crippen molar-refractivity contribution < 1.29 is 0 Å². The van der Waals surface area contributed by atoms with E-state index in [1.165, 1.54) is 37.1 Å². The Morgan fingerprint density at radius 1 is 1.23 bits per heavy atom. The highest BCUT2D eigenvalue weighted by molar-refractivity contribution is 8.89. The maximum Gasteiger partial charge on any atom is 0.105 e. The van der Waals surface area contributed by atoms with E-state index in [-0.39, 0.29) is 0 Å². The van der Waals surface area contributed by atoms with Gasteiger partial charge in [0.15, 0.2) is 0 Å². The molecule has 0 aromatic heterocycles. The van der Waals surface area contributed by atoms with E-state index in [9.17, 15) is 0 Å². The third kappa shape index (κ3) is 7.57. The van der Waals surface area contributed by atoms with Crippen LogP contribution in [0.1, 0.15) is 26.2 Å². The lowest BCUT2D eigenvalue weighted by Crippen LogP contribution is -1.76. The molecule has 0 spiro atoms. The van der Waals surface area contributed by atoms with Gasteiger partial charge in [-0.2, -0.15) is 0 Å². The molecule has 2 unspecified atom stereocenters. The Kier molecular flexibility index (Phi) is 9.43. The number of hydrogen-bond acceptors (Lipinski definition) is 0. The summed E-state index contributed by atoms with van der Waals surface area (Å²) in [4.78, 5) is 0. The quantitative estimate of drug-likeness (QED) is 0.293. The number of rotatable bonds is 3. The molecule has 3 heteroatoms. The second kappa shape index (κ2) is 9.08. The molecule has 0 nitrogen and oxygen atoms in total. The lowest BCUT2D eigenvalue weighted by molar-refractivity contribution is 0.880. The molecule has 0 aromatic carbocycles. The molecule has 1 aliphatic rings. The minimum absolute atomic E-state index is 0.449. The average molecular weight is 217 g/mol. The van der Waals surface area contributed by atoms with Crippen molar-refractivity contribution in [3.63, 3.8) is 0 Å². The monoisotopic (exact) mass is 217 g/mol. The van der Waals surface area contributed by atoms with Crippen LogP contribution in [-0.2, 0) is 0 Å². The van der Waals surface area contributed by atoms with Gasteiger partial charge in [0.2, 0.25) is 0 Å². The minimum Gasteiger partial charge on any atom is -0.142 e. The van der Waals surface area contributed by atoms with Crippen LogP contribution in [-0.4, -0.2) is 30.5 Å². The van der Waals surface area contributed by atoms with E-state index in [0.717, 1.165) is 0 Å². The van der Waals surface area contributed by atoms with E-state index in [2.05, 4.69) is 32.8 Å². The average Bonchev–Trinajstić information content (AvgIpc) is 2.49. The van der Waals surface area contributed by atoms with Crippen molar-refractivity contribution >= 4 is 38.1 Å². The van der Waals surface area contributed by atoms with Crippen LogP contribution in [0.15, 0.2) is 0 Å². The first-order chi connectivity index (χ1) is 6.22. The lowest BCUT2D eigenvalue weighted by atomic mass is 9.76. The van der Waals surface area contributed by atoms with E-state index in [1.807, 2.05) is 0 Å². The smallest absolute Gasteiger partial charge is 0.105 e. The van der Waals surface area contributed by atoms with Crippen molar-refractivity contribution in [2.75, 3.05) is 11.5 Å². The minimum atomic E-state index is 0.449. The molecule has 1 fully saturated rings. The largest absolute Gasteiger partial charge is 0.142 e. The Balaban J connectivity index is 0.000000226. The van der Waals surface area contributed by atoms with E-state index >= 15 is 0 Å². The molecule has 0 bridgehead atoms. The molecule has 1 saturated heterocycles. The van der Waals surface area contributed by atoms with E-state index in [0.29, 0.717) is 19.0 Å². The number of unbranched alkanes of at least 4 members (excludes halogenated alkanes) is 1. The molecule has 0 aromatic rings. The van der Waals surface area contributed by atoms with Gasteiger partial charge in [-0.3, -0.25) is 0 Å². The van der Waals surface area contributed by atoms with Gasteiger partial charge in [0.1, 0.15) is 7.28 Å². The highest BCUT2D eigenvalue weighted by Gasteiger charge is 2.04. The summed E-state index contributed by atoms with van der Waals surface area (Å²) in [7, 11) is 3.11. The molecular formula is C10H22BS2. The molecule has 13 heavy (non-hydrogen) atoms. The van der Waals surface area contributed by atoms with Gasteiger partial charge in [-0.15, -0.1) is 19.0 Å². The second-order valence-corrected chi connectivity index (χ2v) is 8.60. The third-order valence-electron chi connectivity index (χ3n) is 1.92. The Morgan fingerprint density at radius 3 is 1.92 bits per heavy atom. The molecule has 0 amide bonds. The first kappa shape index (κ1) is 13.5. The molecule has 77 valence electrons. The summed E-state index contributed by atoms with van der Waals surface area (Å²) in [6.45, 7) is 4.32. The van der Waals surface area contributed by atoms with Crippen LogP contribution in [0.5, 0.6) is 0 Å². The molecule has 0 saturated carbocycles. The van der Waals surface area contributed by atoms with Crippen LogP contribution in [0.2, 0.25) is 13.1 Å². The predicted molar refractivity (Wildman–Crippen MR) is 75.1 cm³/mol. The van der Waals surface area contributed by atoms with Gasteiger partial charge in [0.25, 0.3) is 0 Å². The topological polar surface area (TPSA) is 0 Å². The summed E-state index contributed by atoms with van der Waals surface area (Å²) in [5.74, 6) is 10.7. The summed E-state index contributed by atoms with van der Waals surface area (Å²) in [5, 5.41) is 0. The van der Waals surface area contributed by atoms with Crippen molar-refractivity contribution in [1.82, 2.24) is 0 Å². The normalized spacial score (nSPS) is 26.3. The first-order valence-electron chi connectivity index (χ1n) is 5.01. The molecule has 2 atom stereocenters. The van der Waals surface area contributed by atoms with Gasteiger partial charge in [-0.1, -0.05) is 44.6 Å². The van der Waals surface area contributed by atoms with Gasteiger partial charge in [0, 0.05) is 0 Å². The summed E-state index contributed by atoms with van der Waals surface area (Å²) in [5.41, 5.74) is 0. The van der Waals surface area contributed by atoms with Crippen molar-refractivity contribution in [2.45, 2.75) is 39.3 Å². The first-order valence-corrected chi connectivity index (χ1v) is 8.66. The standard InChI is InChI=1S/C5H12B.C5H10S2/c1-3-4-5-6-2;1-6-4-3-5-7(6)2/h3-5H2,1-2H3;1-5H2. The van der Waals surface area contributed by atoms with Gasteiger partial charge in [0.05, 0.1) is 0 Å². The SMILES string of the molecule is C=S1CCCS1=C.C[B]CCCC. The van der Waals surface area contributed by atoms with Crippen LogP contribution in [0, 0.1) is 0 Å². The van der Waals surface area contributed by atoms with Crippen molar-refractivity contribution in [3.05, 3.63) is 0 Å². The van der Waals surface area contributed by atoms with Gasteiger partial charge in [-0.25, -0.2) is 0 Å². The summed E-state index contributed by atoms with van der Waals surface area (Å²) in [6, 6.07) is 0. The molecular weight excluding hydrogens is 195 g/mol. The Hall–Kier alpha value is 0.505. The highest BCUT2D eigenvalue weighted by Crippen LogP contribution is 2.41. The Bertz CT molecular complexity index is 148. The van der Waals surface area contributed by atoms with Gasteiger partial charge < -0.3 is 0 Å². The zero-order valence-electron chi connectivity index (χ0n) is 9.05. The fourth-order valence-electron chi connectivity index (χ4n) is 1.02. The molecule has 1 radical (unpaired) electrons. The van der Waals surface area contributed by atoms with E-state index < -0.39 is 0 Å². The van der Waals surface area contributed by atoms with Crippen LogP contribution in [0.4, 0.5) is 0 Å². The van der Waals surface area contributed by atoms with Gasteiger partial charge >= 0.3 is 0 Å². The summed E-state index contributed by atoms with van der Waals surface area (Å²) >= 11 is 0. The van der Waals surface area contributed by atoms with Crippen molar-refractivity contribution in [3.8, 4) is 0 Å². The molecule has 0 N–H and O–H groups in total. The summed E-state index contributed by atoms with van der Waals surface area (Å²) < 4.78 is 0. The van der Waals surface area contributed by atoms with Crippen LogP contribution in [0.25, 0.3) is 0 Å². The zero-order valence-corrected chi connectivity index (χ0v) is 10.7. The van der Waals surface area contributed by atoms with Crippen LogP contribution >= 0.6 is 19.0 Å². The predicted octanol–water partition coefficient (Wildman–Crippen LogP) is 3.66. The lowest BCUT2D eigenvalue weighted by Gasteiger charge is -1.93. The van der Waals surface area contributed by atoms with Crippen molar-refractivity contribution in [1.29, 1.82) is 0 Å². The van der Waals surface area contributed by atoms with Crippen LogP contribution < -0.4 is 0 Å². The van der Waals surface area contributed by atoms with E-state index in [1.54, 1.807) is 0 Å². The van der Waals surface area contributed by atoms with E-state index in [4.69, 9.17) is 0 Å². The number of hydrogen-bond donors (Lipinski definition) is 0. The van der Waals surface area contributed by atoms with Gasteiger partial charge in [-0.05, 0) is 17.9 Å². The van der Waals surface area contributed by atoms with Crippen LogP contribution in [0.3, 0.4) is 0 Å². The molecule has 1 heterocycles. The highest BCUT2D eigenvalue weighted by atomic mass is 33.1. The maximum absolute atomic E-state index is 4.00. The second-order valence-electron chi connectivity index (χ2n) is 3.19. The summed E-state index contributed by atoms with van der Waals surface area (Å²) in [6.07, 6.45) is 5.34. The molecule has 1 rings (SSSR count). The molecule has 0 aliphatic carbocycles. The fourth-order valence-corrected chi connectivity index (χ4v) is 4.73. The Morgan fingerprint density at radius 2 is 1.77 bits per heavy atom. The maximum atomic E-state index is 4.00. The zero-order chi connectivity index (χ0) is 10.1. The third-order valence-corrected chi connectivity index (χ3v) is 7.08.